The number of hydrogen-bond acceptors (Lipinski definition) is 5. The molecule has 0 unspecified atom stereocenters. The van der Waals surface area contributed by atoms with Gasteiger partial charge in [-0.15, -0.1) is 0 Å². The Labute approximate surface area is 179 Å². The van der Waals surface area contributed by atoms with Crippen molar-refractivity contribution in [3.8, 4) is 5.75 Å². The number of benzene rings is 2. The van der Waals surface area contributed by atoms with Crippen LogP contribution in [0.1, 0.15) is 42.6 Å². The van der Waals surface area contributed by atoms with Crippen molar-refractivity contribution in [1.29, 1.82) is 0 Å². The molecular formula is C23H26N2O4S. The fraction of sp³-hybridized carbons (Fsp3) is 0.348. The van der Waals surface area contributed by atoms with Crippen molar-refractivity contribution in [3.05, 3.63) is 58.4 Å². The molecule has 0 aliphatic rings. The van der Waals surface area contributed by atoms with Gasteiger partial charge in [-0.05, 0) is 48.7 Å². The first-order chi connectivity index (χ1) is 14.5. The molecule has 158 valence electrons. The van der Waals surface area contributed by atoms with Crippen LogP contribution in [-0.4, -0.2) is 30.2 Å². The van der Waals surface area contributed by atoms with E-state index in [1.165, 1.54) is 24.0 Å². The predicted octanol–water partition coefficient (Wildman–Crippen LogP) is 4.36. The smallest absolute Gasteiger partial charge is 0.325 e. The van der Waals surface area contributed by atoms with Crippen molar-refractivity contribution in [3.63, 3.8) is 0 Å². The third-order valence-electron chi connectivity index (χ3n) is 4.72. The highest BCUT2D eigenvalue weighted by atomic mass is 32.1. The van der Waals surface area contributed by atoms with Gasteiger partial charge in [-0.1, -0.05) is 43.7 Å². The van der Waals surface area contributed by atoms with E-state index in [4.69, 9.17) is 9.47 Å². The van der Waals surface area contributed by atoms with Gasteiger partial charge < -0.3 is 14.0 Å². The van der Waals surface area contributed by atoms with Crippen LogP contribution in [0.2, 0.25) is 0 Å². The monoisotopic (exact) mass is 426 g/mol. The van der Waals surface area contributed by atoms with E-state index >= 15 is 0 Å². The molecule has 3 aromatic rings. The van der Waals surface area contributed by atoms with Gasteiger partial charge in [-0.2, -0.15) is 4.99 Å². The Balaban J connectivity index is 1.99. The van der Waals surface area contributed by atoms with Crippen LogP contribution in [-0.2, 0) is 22.5 Å². The van der Waals surface area contributed by atoms with Crippen LogP contribution in [0.5, 0.6) is 5.75 Å². The zero-order valence-corrected chi connectivity index (χ0v) is 18.3. The van der Waals surface area contributed by atoms with Gasteiger partial charge in [-0.3, -0.25) is 9.59 Å². The van der Waals surface area contributed by atoms with E-state index in [0.717, 1.165) is 29.5 Å². The summed E-state index contributed by atoms with van der Waals surface area (Å²) in [6.07, 6.45) is 2.90. The zero-order valence-electron chi connectivity index (χ0n) is 17.5. The summed E-state index contributed by atoms with van der Waals surface area (Å²) >= 11 is 1.39. The molecule has 7 heteroatoms. The molecule has 0 radical (unpaired) electrons. The van der Waals surface area contributed by atoms with Crippen molar-refractivity contribution >= 4 is 33.4 Å². The average Bonchev–Trinajstić information content (AvgIpc) is 3.09. The van der Waals surface area contributed by atoms with Gasteiger partial charge >= 0.3 is 5.97 Å². The van der Waals surface area contributed by atoms with Gasteiger partial charge in [0.1, 0.15) is 12.3 Å². The quantitative estimate of drug-likeness (QED) is 0.396. The Morgan fingerprint density at radius 3 is 2.70 bits per heavy atom. The number of aryl methyl sites for hydroxylation is 1. The van der Waals surface area contributed by atoms with E-state index in [1.54, 1.807) is 22.8 Å². The van der Waals surface area contributed by atoms with E-state index in [9.17, 15) is 9.59 Å². The minimum Gasteiger partial charge on any atom is -0.494 e. The molecule has 0 spiro atoms. The van der Waals surface area contributed by atoms with Gasteiger partial charge in [-0.25, -0.2) is 0 Å². The second kappa shape index (κ2) is 10.2. The number of fused-ring (bicyclic) bond motifs is 1. The number of thiazole rings is 1. The number of hydrogen-bond donors (Lipinski definition) is 0. The molecule has 3 rings (SSSR count). The molecule has 1 heterocycles. The van der Waals surface area contributed by atoms with Crippen molar-refractivity contribution in [2.24, 2.45) is 4.99 Å². The van der Waals surface area contributed by atoms with Crippen LogP contribution in [0.15, 0.2) is 47.5 Å². The number of amides is 1. The highest BCUT2D eigenvalue weighted by molar-refractivity contribution is 7.16. The minimum absolute atomic E-state index is 0.00570. The second-order valence-corrected chi connectivity index (χ2v) is 7.86. The van der Waals surface area contributed by atoms with Crippen LogP contribution < -0.4 is 9.54 Å². The van der Waals surface area contributed by atoms with Gasteiger partial charge in [0.15, 0.2) is 4.80 Å². The summed E-state index contributed by atoms with van der Waals surface area (Å²) in [4.78, 5) is 29.6. The van der Waals surface area contributed by atoms with Crippen molar-refractivity contribution in [1.82, 2.24) is 4.57 Å². The lowest BCUT2D eigenvalue weighted by molar-refractivity contribution is -0.141. The van der Waals surface area contributed by atoms with Crippen molar-refractivity contribution in [2.45, 2.75) is 39.7 Å². The number of carbonyl (C=O) groups excluding carboxylic acids is 2. The molecule has 0 N–H and O–H groups in total. The molecular weight excluding hydrogens is 400 g/mol. The molecule has 1 aromatic heterocycles. The molecule has 0 bridgehead atoms. The molecule has 30 heavy (non-hydrogen) atoms. The minimum atomic E-state index is -0.394. The number of rotatable bonds is 8. The SMILES string of the molecule is CCCCOc1cccc(C(=O)N=c2sc3cc(CC)ccc3n2CC(=O)OC)c1. The first-order valence-electron chi connectivity index (χ1n) is 10.1. The van der Waals surface area contributed by atoms with Gasteiger partial charge in [0.05, 0.1) is 23.9 Å². The Hall–Kier alpha value is -2.93. The molecule has 0 fully saturated rings. The number of esters is 1. The molecule has 2 aromatic carbocycles. The number of carbonyl (C=O) groups is 2. The number of nitrogens with zero attached hydrogens (tertiary/aromatic N) is 2. The number of unbranched alkanes of at least 4 members (excludes halogenated alkanes) is 1. The second-order valence-electron chi connectivity index (χ2n) is 6.85. The lowest BCUT2D eigenvalue weighted by Gasteiger charge is -2.06. The Bertz CT molecular complexity index is 1110. The fourth-order valence-electron chi connectivity index (χ4n) is 2.97. The standard InChI is InChI=1S/C23H26N2O4S/c1-4-6-12-29-18-9-7-8-17(14-18)22(27)24-23-25(15-21(26)28-3)19-11-10-16(5-2)13-20(19)30-23/h7-11,13-14H,4-6,12,15H2,1-3H3. The van der Waals surface area contributed by atoms with E-state index in [1.807, 2.05) is 18.2 Å². The first kappa shape index (κ1) is 21.8. The van der Waals surface area contributed by atoms with Crippen LogP contribution in [0.3, 0.4) is 0 Å². The highest BCUT2D eigenvalue weighted by Gasteiger charge is 2.13. The number of methoxy groups -OCH3 is 1. The maximum atomic E-state index is 12.9. The third kappa shape index (κ3) is 5.16. The van der Waals surface area contributed by atoms with Crippen molar-refractivity contribution < 1.29 is 19.1 Å². The Morgan fingerprint density at radius 1 is 1.13 bits per heavy atom. The van der Waals surface area contributed by atoms with Crippen molar-refractivity contribution in [2.75, 3.05) is 13.7 Å². The van der Waals surface area contributed by atoms with Crippen LogP contribution in [0.25, 0.3) is 10.2 Å². The summed E-state index contributed by atoms with van der Waals surface area (Å²) in [7, 11) is 1.35. The van der Waals surface area contributed by atoms with Crippen LogP contribution in [0.4, 0.5) is 0 Å². The van der Waals surface area contributed by atoms with Crippen LogP contribution >= 0.6 is 11.3 Å². The van der Waals surface area contributed by atoms with E-state index in [0.29, 0.717) is 22.7 Å². The molecule has 0 aliphatic carbocycles. The molecule has 0 aliphatic heterocycles. The molecule has 1 amide bonds. The molecule has 0 saturated carbocycles. The number of ether oxygens (including phenoxy) is 2. The fourth-order valence-corrected chi connectivity index (χ4v) is 4.07. The molecule has 0 atom stereocenters. The zero-order chi connectivity index (χ0) is 21.5. The Kier molecular flexibility index (Phi) is 7.41. The predicted molar refractivity (Wildman–Crippen MR) is 118 cm³/mol. The summed E-state index contributed by atoms with van der Waals surface area (Å²) in [5.74, 6) is -0.123. The number of aromatic nitrogens is 1. The summed E-state index contributed by atoms with van der Waals surface area (Å²) < 4.78 is 13.2. The summed E-state index contributed by atoms with van der Waals surface area (Å²) in [6.45, 7) is 4.79. The highest BCUT2D eigenvalue weighted by Crippen LogP contribution is 2.20. The van der Waals surface area contributed by atoms with Gasteiger partial charge in [0, 0.05) is 5.56 Å². The Morgan fingerprint density at radius 2 is 1.97 bits per heavy atom. The summed E-state index contributed by atoms with van der Waals surface area (Å²) in [5, 5.41) is 0. The lowest BCUT2D eigenvalue weighted by Crippen LogP contribution is -2.22. The maximum absolute atomic E-state index is 12.9. The molecule has 0 saturated heterocycles. The lowest BCUT2D eigenvalue weighted by atomic mass is 10.2. The maximum Gasteiger partial charge on any atom is 0.325 e. The summed E-state index contributed by atoms with van der Waals surface area (Å²) in [5.41, 5.74) is 2.48. The van der Waals surface area contributed by atoms with Gasteiger partial charge in [0.25, 0.3) is 5.91 Å². The van der Waals surface area contributed by atoms with E-state index in [-0.39, 0.29) is 12.5 Å². The first-order valence-corrected chi connectivity index (χ1v) is 10.9. The van der Waals surface area contributed by atoms with Gasteiger partial charge in [0.2, 0.25) is 0 Å². The largest absolute Gasteiger partial charge is 0.494 e. The van der Waals surface area contributed by atoms with Crippen LogP contribution in [0, 0.1) is 0 Å². The average molecular weight is 427 g/mol. The summed E-state index contributed by atoms with van der Waals surface area (Å²) in [6, 6.07) is 13.1. The third-order valence-corrected chi connectivity index (χ3v) is 5.76. The van der Waals surface area contributed by atoms with E-state index in [2.05, 4.69) is 24.9 Å². The van der Waals surface area contributed by atoms with E-state index < -0.39 is 5.97 Å². The normalized spacial score (nSPS) is 11.6. The molecule has 6 nitrogen and oxygen atoms in total. The topological polar surface area (TPSA) is 69.9 Å².